The molecule has 2 nitrogen and oxygen atoms in total. The Bertz CT molecular complexity index is 2970. The van der Waals surface area contributed by atoms with Gasteiger partial charge >= 0.3 is 0 Å². The first-order valence-electron chi connectivity index (χ1n) is 18.9. The zero-order valence-corrected chi connectivity index (χ0v) is 30.1. The summed E-state index contributed by atoms with van der Waals surface area (Å²) in [7, 11) is 0. The van der Waals surface area contributed by atoms with Crippen LogP contribution in [-0.2, 0) is 5.41 Å². The molecule has 0 N–H and O–H groups in total. The van der Waals surface area contributed by atoms with Gasteiger partial charge in [-0.2, -0.15) is 0 Å². The number of fused-ring (bicyclic) bond motifs is 8. The van der Waals surface area contributed by atoms with Crippen LogP contribution in [-0.4, -0.2) is 0 Å². The molecule has 0 aliphatic heterocycles. The van der Waals surface area contributed by atoms with E-state index >= 15 is 0 Å². The number of furan rings is 1. The van der Waals surface area contributed by atoms with Crippen molar-refractivity contribution in [3.8, 4) is 22.3 Å². The van der Waals surface area contributed by atoms with E-state index in [9.17, 15) is 0 Å². The Morgan fingerprint density at radius 1 is 0.382 bits per heavy atom. The minimum absolute atomic E-state index is 0.458. The molecule has 0 amide bonds. The van der Waals surface area contributed by atoms with Crippen LogP contribution in [0.4, 0.5) is 17.1 Å². The number of hydrogen-bond acceptors (Lipinski definition) is 2. The molecule has 0 atom stereocenters. The fourth-order valence-corrected chi connectivity index (χ4v) is 9.26. The first kappa shape index (κ1) is 31.4. The van der Waals surface area contributed by atoms with Crippen LogP contribution in [0.1, 0.15) is 22.3 Å². The molecule has 1 aliphatic carbocycles. The highest BCUT2D eigenvalue weighted by Gasteiger charge is 2.45. The molecular weight excluding hydrogens is 667 g/mol. The monoisotopic (exact) mass is 701 g/mol. The van der Waals surface area contributed by atoms with E-state index in [1.807, 2.05) is 0 Å². The number of hydrogen-bond donors (Lipinski definition) is 0. The zero-order valence-electron chi connectivity index (χ0n) is 30.1. The molecule has 0 unspecified atom stereocenters. The second-order valence-electron chi connectivity index (χ2n) is 14.4. The lowest BCUT2D eigenvalue weighted by Gasteiger charge is -2.34. The van der Waals surface area contributed by atoms with Gasteiger partial charge < -0.3 is 9.32 Å². The maximum Gasteiger partial charge on any atom is 0.159 e. The molecule has 258 valence electrons. The molecule has 9 aromatic carbocycles. The maximum absolute atomic E-state index is 6.92. The van der Waals surface area contributed by atoms with E-state index in [2.05, 4.69) is 217 Å². The number of nitrogens with zero attached hydrogens (tertiary/aromatic N) is 1. The Morgan fingerprint density at radius 3 is 1.65 bits per heavy atom. The molecule has 0 bridgehead atoms. The molecule has 1 heterocycles. The van der Waals surface area contributed by atoms with Crippen LogP contribution < -0.4 is 4.90 Å². The standard InChI is InChI=1S/C53H35NO/c1-4-16-36(17-5-1)42-25-14-18-37-30-35-49-51(50(37)42)45-26-15-29-48(52(45)55-49)54(40-21-8-3-9-22-40)41-33-31-39(32-34-41)53(38-19-6-2-7-20-38)46-27-12-10-23-43(46)44-24-11-13-28-47(44)53/h1-35H. The summed E-state index contributed by atoms with van der Waals surface area (Å²) in [5.74, 6) is 0. The number of para-hydroxylation sites is 2. The fourth-order valence-electron chi connectivity index (χ4n) is 9.26. The van der Waals surface area contributed by atoms with Gasteiger partial charge in [0.05, 0.1) is 11.1 Å². The second kappa shape index (κ2) is 12.5. The lowest BCUT2D eigenvalue weighted by molar-refractivity contribution is 0.669. The van der Waals surface area contributed by atoms with Gasteiger partial charge in [-0.05, 0) is 86.3 Å². The maximum atomic E-state index is 6.92. The van der Waals surface area contributed by atoms with Gasteiger partial charge in [0.2, 0.25) is 0 Å². The van der Waals surface area contributed by atoms with Crippen molar-refractivity contribution >= 4 is 49.8 Å². The summed E-state index contributed by atoms with van der Waals surface area (Å²) >= 11 is 0. The van der Waals surface area contributed by atoms with Crippen molar-refractivity contribution in [1.29, 1.82) is 0 Å². The van der Waals surface area contributed by atoms with E-state index in [1.165, 1.54) is 55.3 Å². The summed E-state index contributed by atoms with van der Waals surface area (Å²) in [4.78, 5) is 2.33. The summed E-state index contributed by atoms with van der Waals surface area (Å²) in [6.45, 7) is 0. The second-order valence-corrected chi connectivity index (χ2v) is 14.4. The van der Waals surface area contributed by atoms with Crippen LogP contribution in [0.2, 0.25) is 0 Å². The van der Waals surface area contributed by atoms with Crippen molar-refractivity contribution in [1.82, 2.24) is 0 Å². The minimum atomic E-state index is -0.458. The van der Waals surface area contributed by atoms with Crippen molar-refractivity contribution in [3.05, 3.63) is 235 Å². The highest BCUT2D eigenvalue weighted by Crippen LogP contribution is 2.56. The summed E-state index contributed by atoms with van der Waals surface area (Å²) in [6, 6.07) is 76.7. The molecule has 0 fully saturated rings. The van der Waals surface area contributed by atoms with Gasteiger partial charge in [0, 0.05) is 27.5 Å². The summed E-state index contributed by atoms with van der Waals surface area (Å²) < 4.78 is 6.92. The van der Waals surface area contributed by atoms with E-state index in [0.717, 1.165) is 39.0 Å². The third-order valence-corrected chi connectivity index (χ3v) is 11.5. The molecule has 0 radical (unpaired) electrons. The molecule has 10 aromatic rings. The number of rotatable bonds is 6. The van der Waals surface area contributed by atoms with Crippen LogP contribution in [0, 0.1) is 0 Å². The molecule has 2 heteroatoms. The van der Waals surface area contributed by atoms with Gasteiger partial charge in [0.1, 0.15) is 5.58 Å². The summed E-state index contributed by atoms with van der Waals surface area (Å²) in [5, 5.41) is 4.64. The van der Waals surface area contributed by atoms with Crippen LogP contribution in [0.15, 0.2) is 217 Å². The van der Waals surface area contributed by atoms with Crippen LogP contribution >= 0.6 is 0 Å². The van der Waals surface area contributed by atoms with Crippen LogP contribution in [0.3, 0.4) is 0 Å². The lowest BCUT2D eigenvalue weighted by atomic mass is 9.68. The fraction of sp³-hybridized carbons (Fsp3) is 0.0189. The van der Waals surface area contributed by atoms with Crippen molar-refractivity contribution in [2.75, 3.05) is 4.90 Å². The molecule has 0 saturated carbocycles. The van der Waals surface area contributed by atoms with Crippen molar-refractivity contribution in [2.24, 2.45) is 0 Å². The van der Waals surface area contributed by atoms with Crippen LogP contribution in [0.5, 0.6) is 0 Å². The zero-order chi connectivity index (χ0) is 36.3. The molecule has 1 aromatic heterocycles. The molecular formula is C53H35NO. The highest BCUT2D eigenvalue weighted by molar-refractivity contribution is 6.24. The highest BCUT2D eigenvalue weighted by atomic mass is 16.3. The van der Waals surface area contributed by atoms with Crippen molar-refractivity contribution < 1.29 is 4.42 Å². The van der Waals surface area contributed by atoms with E-state index in [-0.39, 0.29) is 0 Å². The van der Waals surface area contributed by atoms with Gasteiger partial charge in [0.25, 0.3) is 0 Å². The van der Waals surface area contributed by atoms with Crippen molar-refractivity contribution in [2.45, 2.75) is 5.41 Å². The third kappa shape index (κ3) is 4.68. The Kier molecular flexibility index (Phi) is 7.11. The van der Waals surface area contributed by atoms with E-state index in [0.29, 0.717) is 0 Å². The average Bonchev–Trinajstić information content (AvgIpc) is 3.80. The van der Waals surface area contributed by atoms with Gasteiger partial charge in [-0.15, -0.1) is 0 Å². The molecule has 1 aliphatic rings. The SMILES string of the molecule is c1ccc(-c2cccc3ccc4oc5c(N(c6ccccc6)c6ccc(C7(c8ccccc8)c8ccccc8-c8ccccc87)cc6)cccc5c4c23)cc1. The Morgan fingerprint density at radius 2 is 0.945 bits per heavy atom. The first-order valence-corrected chi connectivity index (χ1v) is 18.9. The third-order valence-electron chi connectivity index (χ3n) is 11.5. The molecule has 11 rings (SSSR count). The summed E-state index contributed by atoms with van der Waals surface area (Å²) in [6.07, 6.45) is 0. The number of benzene rings is 9. The Labute approximate surface area is 320 Å². The normalized spacial score (nSPS) is 12.9. The van der Waals surface area contributed by atoms with E-state index in [4.69, 9.17) is 4.42 Å². The van der Waals surface area contributed by atoms with E-state index in [1.54, 1.807) is 0 Å². The quantitative estimate of drug-likeness (QED) is 0.172. The molecule has 55 heavy (non-hydrogen) atoms. The first-order chi connectivity index (χ1) is 27.3. The average molecular weight is 702 g/mol. The Hall–Kier alpha value is -7.16. The lowest BCUT2D eigenvalue weighted by Crippen LogP contribution is -2.28. The predicted octanol–water partition coefficient (Wildman–Crippen LogP) is 14.2. The largest absolute Gasteiger partial charge is 0.454 e. The number of anilines is 3. The smallest absolute Gasteiger partial charge is 0.159 e. The van der Waals surface area contributed by atoms with Crippen LogP contribution in [0.25, 0.3) is 55.0 Å². The topological polar surface area (TPSA) is 16.4 Å². The Balaban J connectivity index is 1.13. The minimum Gasteiger partial charge on any atom is -0.454 e. The van der Waals surface area contributed by atoms with Gasteiger partial charge in [-0.3, -0.25) is 0 Å². The van der Waals surface area contributed by atoms with Gasteiger partial charge in [0.15, 0.2) is 5.58 Å². The molecule has 0 saturated heterocycles. The predicted molar refractivity (Wildman–Crippen MR) is 229 cm³/mol. The van der Waals surface area contributed by atoms with Crippen molar-refractivity contribution in [3.63, 3.8) is 0 Å². The molecule has 0 spiro atoms. The van der Waals surface area contributed by atoms with E-state index < -0.39 is 5.41 Å². The summed E-state index contributed by atoms with van der Waals surface area (Å²) in [5.41, 5.74) is 14.5. The van der Waals surface area contributed by atoms with Gasteiger partial charge in [-0.1, -0.05) is 176 Å². The van der Waals surface area contributed by atoms with Gasteiger partial charge in [-0.25, -0.2) is 0 Å².